The van der Waals surface area contributed by atoms with E-state index in [2.05, 4.69) is 5.73 Å². The number of carbonyl (C=O) groups is 1. The van der Waals surface area contributed by atoms with Gasteiger partial charge in [0.2, 0.25) is 6.41 Å². The number of primary amides is 1. The van der Waals surface area contributed by atoms with E-state index in [-0.39, 0.29) is 6.41 Å². The first-order chi connectivity index (χ1) is 6.35. The smallest absolute Gasteiger partial charge is 0.204 e. The summed E-state index contributed by atoms with van der Waals surface area (Å²) in [6.07, 6.45) is 5.28. The molecule has 1 saturated heterocycles. The highest BCUT2D eigenvalue weighted by Crippen LogP contribution is 2.08. The summed E-state index contributed by atoms with van der Waals surface area (Å²) in [4.78, 5) is 8.58. The molecule has 0 aromatic heterocycles. The lowest BCUT2D eigenvalue weighted by Gasteiger charge is -1.81. The zero-order chi connectivity index (χ0) is 11.6. The van der Waals surface area contributed by atoms with Gasteiger partial charge in [-0.3, -0.25) is 9.00 Å². The van der Waals surface area contributed by atoms with Gasteiger partial charge in [-0.05, 0) is 12.8 Å². The molecule has 1 rings (SSSR count). The van der Waals surface area contributed by atoms with Crippen LogP contribution in [0.5, 0.6) is 0 Å². The highest BCUT2D eigenvalue weighted by molar-refractivity contribution is 7.91. The highest BCUT2D eigenvalue weighted by Gasteiger charge is 2.16. The van der Waals surface area contributed by atoms with Crippen LogP contribution < -0.4 is 5.73 Å². The molecule has 0 atom stereocenters. The summed E-state index contributed by atoms with van der Waals surface area (Å²) in [5.41, 5.74) is 4.17. The molecule has 0 bridgehead atoms. The number of amides is 1. The summed E-state index contributed by atoms with van der Waals surface area (Å²) >= 11 is 0. The van der Waals surface area contributed by atoms with Crippen LogP contribution in [0.2, 0.25) is 0 Å². The molecule has 0 spiro atoms. The number of rotatable bonds is 0. The third-order valence-corrected chi connectivity index (χ3v) is 2.98. The first kappa shape index (κ1) is 16.0. The summed E-state index contributed by atoms with van der Waals surface area (Å²) in [5.74, 6) is 0.847. The SMILES string of the molecule is CS(C)=O.NC=O.O=S1(=O)CCCC1. The lowest BCUT2D eigenvalue weighted by atomic mass is 10.4. The highest BCUT2D eigenvalue weighted by atomic mass is 32.2. The van der Waals surface area contributed by atoms with Gasteiger partial charge in [0.15, 0.2) is 0 Å². The Morgan fingerprint density at radius 3 is 1.50 bits per heavy atom. The Morgan fingerprint density at radius 1 is 1.21 bits per heavy atom. The second kappa shape index (κ2) is 9.14. The quantitative estimate of drug-likeness (QED) is 0.569. The number of hydrogen-bond acceptors (Lipinski definition) is 4. The van der Waals surface area contributed by atoms with Crippen LogP contribution in [-0.2, 0) is 25.4 Å². The van der Waals surface area contributed by atoms with Crippen molar-refractivity contribution in [1.82, 2.24) is 0 Å². The molecule has 86 valence electrons. The zero-order valence-corrected chi connectivity index (χ0v) is 10.1. The van der Waals surface area contributed by atoms with Gasteiger partial charge in [-0.25, -0.2) is 8.42 Å². The van der Waals surface area contributed by atoms with Crippen molar-refractivity contribution >= 4 is 27.0 Å². The Labute approximate surface area is 87.4 Å². The van der Waals surface area contributed by atoms with Gasteiger partial charge in [0.1, 0.15) is 9.84 Å². The largest absolute Gasteiger partial charge is 0.372 e. The normalized spacial score (nSPS) is 17.4. The Hall–Kier alpha value is -0.430. The van der Waals surface area contributed by atoms with Crippen LogP contribution in [0.25, 0.3) is 0 Å². The summed E-state index contributed by atoms with van der Waals surface area (Å²) in [6.45, 7) is 0. The molecule has 1 fully saturated rings. The molecular formula is C7H17NO4S2. The van der Waals surface area contributed by atoms with Gasteiger partial charge in [0.25, 0.3) is 0 Å². The van der Waals surface area contributed by atoms with Crippen LogP contribution in [0.3, 0.4) is 0 Å². The van der Waals surface area contributed by atoms with E-state index in [0.29, 0.717) is 11.5 Å². The standard InChI is InChI=1S/C4H8O2S.C2H6OS.CH3NO/c5-7(6)3-1-2-4-7;1-4(2)3;2-1-3/h1-4H2;1-2H3;1H,(H2,2,3). The van der Waals surface area contributed by atoms with Crippen molar-refractivity contribution in [1.29, 1.82) is 0 Å². The van der Waals surface area contributed by atoms with Crippen LogP contribution in [-0.4, -0.2) is 43.1 Å². The number of nitrogens with two attached hydrogens (primary N) is 1. The van der Waals surface area contributed by atoms with Crippen molar-refractivity contribution in [3.8, 4) is 0 Å². The average Bonchev–Trinajstić information content (AvgIpc) is 2.34. The minimum absolute atomic E-state index is 0.250. The molecule has 2 N–H and O–H groups in total. The van der Waals surface area contributed by atoms with Crippen molar-refractivity contribution < 1.29 is 17.4 Å². The number of carbonyl (C=O) groups excluding carboxylic acids is 1. The van der Waals surface area contributed by atoms with Crippen molar-refractivity contribution in [2.75, 3.05) is 24.0 Å². The predicted molar refractivity (Wildman–Crippen MR) is 58.1 cm³/mol. The maximum absolute atomic E-state index is 10.4. The average molecular weight is 243 g/mol. The summed E-state index contributed by atoms with van der Waals surface area (Å²) in [7, 11) is -3.16. The van der Waals surface area contributed by atoms with Gasteiger partial charge in [-0.15, -0.1) is 0 Å². The molecule has 0 aliphatic carbocycles. The molecule has 0 aromatic carbocycles. The molecule has 0 aromatic rings. The second-order valence-electron chi connectivity index (χ2n) is 2.74. The van der Waals surface area contributed by atoms with Crippen molar-refractivity contribution in [3.63, 3.8) is 0 Å². The molecular weight excluding hydrogens is 226 g/mol. The van der Waals surface area contributed by atoms with Crippen LogP contribution in [0, 0.1) is 0 Å². The van der Waals surface area contributed by atoms with Crippen LogP contribution >= 0.6 is 0 Å². The molecule has 14 heavy (non-hydrogen) atoms. The van der Waals surface area contributed by atoms with Gasteiger partial charge in [-0.1, -0.05) is 0 Å². The molecule has 0 unspecified atom stereocenters. The Balaban J connectivity index is 0. The van der Waals surface area contributed by atoms with Gasteiger partial charge >= 0.3 is 0 Å². The van der Waals surface area contributed by atoms with Crippen molar-refractivity contribution in [2.24, 2.45) is 5.73 Å². The van der Waals surface area contributed by atoms with E-state index in [1.165, 1.54) is 0 Å². The Bertz CT molecular complexity index is 245. The van der Waals surface area contributed by atoms with Crippen LogP contribution in [0.15, 0.2) is 0 Å². The number of sulfone groups is 1. The maximum Gasteiger partial charge on any atom is 0.204 e. The fourth-order valence-corrected chi connectivity index (χ4v) is 2.24. The summed E-state index contributed by atoms with van der Waals surface area (Å²) in [5, 5.41) is 0. The lowest BCUT2D eigenvalue weighted by molar-refractivity contribution is -0.106. The van der Waals surface area contributed by atoms with E-state index in [0.717, 1.165) is 12.8 Å². The molecule has 5 nitrogen and oxygen atoms in total. The fourth-order valence-electron chi connectivity index (χ4n) is 0.746. The van der Waals surface area contributed by atoms with E-state index in [1.807, 2.05) is 0 Å². The molecule has 1 heterocycles. The van der Waals surface area contributed by atoms with E-state index in [1.54, 1.807) is 12.5 Å². The topological polar surface area (TPSA) is 94.3 Å². The molecule has 1 amide bonds. The predicted octanol–water partition coefficient (Wildman–Crippen LogP) is -0.709. The minimum Gasteiger partial charge on any atom is -0.372 e. The monoisotopic (exact) mass is 243 g/mol. The molecule has 1 aliphatic heterocycles. The van der Waals surface area contributed by atoms with E-state index < -0.39 is 20.6 Å². The zero-order valence-electron chi connectivity index (χ0n) is 8.43. The molecule has 1 aliphatic rings. The summed E-state index contributed by atoms with van der Waals surface area (Å²) in [6, 6.07) is 0. The van der Waals surface area contributed by atoms with Gasteiger partial charge in [-0.2, -0.15) is 0 Å². The van der Waals surface area contributed by atoms with Crippen molar-refractivity contribution in [2.45, 2.75) is 12.8 Å². The maximum atomic E-state index is 10.4. The lowest BCUT2D eigenvalue weighted by Crippen LogP contribution is -1.98. The third-order valence-electron chi connectivity index (χ3n) is 1.16. The van der Waals surface area contributed by atoms with Crippen LogP contribution in [0.4, 0.5) is 0 Å². The summed E-state index contributed by atoms with van der Waals surface area (Å²) < 4.78 is 30.4. The number of hydrogen-bond donors (Lipinski definition) is 1. The van der Waals surface area contributed by atoms with Gasteiger partial charge < -0.3 is 5.73 Å². The van der Waals surface area contributed by atoms with E-state index >= 15 is 0 Å². The second-order valence-corrected chi connectivity index (χ2v) is 6.52. The van der Waals surface area contributed by atoms with E-state index in [9.17, 15) is 12.6 Å². The van der Waals surface area contributed by atoms with Crippen LogP contribution in [0.1, 0.15) is 12.8 Å². The fraction of sp³-hybridized carbons (Fsp3) is 0.857. The van der Waals surface area contributed by atoms with Gasteiger partial charge in [0.05, 0.1) is 11.5 Å². The third kappa shape index (κ3) is 17.6. The molecule has 0 radical (unpaired) electrons. The molecule has 7 heteroatoms. The Morgan fingerprint density at radius 2 is 1.43 bits per heavy atom. The Kier molecular flexibility index (Phi) is 10.5. The minimum atomic E-state index is -2.55. The first-order valence-corrected chi connectivity index (χ1v) is 7.75. The van der Waals surface area contributed by atoms with E-state index in [4.69, 9.17) is 4.79 Å². The van der Waals surface area contributed by atoms with Gasteiger partial charge in [0, 0.05) is 23.3 Å². The molecule has 0 saturated carbocycles. The van der Waals surface area contributed by atoms with Crippen molar-refractivity contribution in [3.05, 3.63) is 0 Å². The first-order valence-electron chi connectivity index (χ1n) is 3.96.